The van der Waals surface area contributed by atoms with Gasteiger partial charge in [0.1, 0.15) is 0 Å². The van der Waals surface area contributed by atoms with Crippen LogP contribution in [-0.2, 0) is 6.42 Å². The number of hydrogen-bond donors (Lipinski definition) is 2. The van der Waals surface area contributed by atoms with Gasteiger partial charge in [-0.05, 0) is 42.7 Å². The lowest BCUT2D eigenvalue weighted by molar-refractivity contribution is 0.0953. The first-order valence-corrected chi connectivity index (χ1v) is 8.04. The predicted molar refractivity (Wildman–Crippen MR) is 93.2 cm³/mol. The van der Waals surface area contributed by atoms with Gasteiger partial charge in [-0.25, -0.2) is 0 Å². The van der Waals surface area contributed by atoms with E-state index in [1.54, 1.807) is 0 Å². The summed E-state index contributed by atoms with van der Waals surface area (Å²) in [6.45, 7) is 2.56. The molecule has 0 saturated carbocycles. The van der Waals surface area contributed by atoms with Crippen LogP contribution < -0.4 is 5.32 Å². The molecule has 2 aromatic carbocycles. The Morgan fingerprint density at radius 1 is 1.23 bits per heavy atom. The Morgan fingerprint density at radius 2 is 2.05 bits per heavy atom. The molecule has 0 atom stereocenters. The molecular weight excluding hydrogens is 340 g/mol. The maximum Gasteiger partial charge on any atom is 0.251 e. The van der Waals surface area contributed by atoms with Gasteiger partial charge >= 0.3 is 0 Å². The fourth-order valence-corrected chi connectivity index (χ4v) is 2.94. The third-order valence-corrected chi connectivity index (χ3v) is 4.29. The molecule has 0 fully saturated rings. The van der Waals surface area contributed by atoms with Crippen molar-refractivity contribution >= 4 is 32.7 Å². The van der Waals surface area contributed by atoms with Gasteiger partial charge in [0.05, 0.1) is 0 Å². The summed E-state index contributed by atoms with van der Waals surface area (Å²) in [4.78, 5) is 15.5. The Hall–Kier alpha value is -2.07. The van der Waals surface area contributed by atoms with E-state index in [2.05, 4.69) is 38.4 Å². The second kappa shape index (κ2) is 6.36. The van der Waals surface area contributed by atoms with Crippen LogP contribution in [0.1, 0.15) is 21.5 Å². The zero-order valence-electron chi connectivity index (χ0n) is 12.3. The number of aryl methyl sites for hydroxylation is 1. The molecule has 3 aromatic rings. The lowest BCUT2D eigenvalue weighted by atomic mass is 10.1. The van der Waals surface area contributed by atoms with Crippen LogP contribution in [0.3, 0.4) is 0 Å². The summed E-state index contributed by atoms with van der Waals surface area (Å²) in [5, 5.41) is 4.21. The van der Waals surface area contributed by atoms with E-state index in [-0.39, 0.29) is 5.91 Å². The highest BCUT2D eigenvalue weighted by molar-refractivity contribution is 9.10. The molecule has 0 unspecified atom stereocenters. The molecular formula is C18H17BrN2O. The quantitative estimate of drug-likeness (QED) is 0.722. The van der Waals surface area contributed by atoms with Crippen molar-refractivity contribution in [1.82, 2.24) is 10.3 Å². The standard InChI is InChI=1S/C18H17BrN2O/c1-12-6-7-14(19)10-16(12)18(22)20-9-8-13-11-21-17-5-3-2-4-15(13)17/h2-7,10-11,21H,8-9H2,1H3,(H,20,22). The number of para-hydroxylation sites is 1. The Balaban J connectivity index is 1.65. The summed E-state index contributed by atoms with van der Waals surface area (Å²) in [5.74, 6) is -0.0290. The third-order valence-electron chi connectivity index (χ3n) is 3.80. The molecule has 0 aliphatic heterocycles. The molecule has 1 heterocycles. The second-order valence-corrected chi connectivity index (χ2v) is 6.24. The normalized spacial score (nSPS) is 10.8. The lowest BCUT2D eigenvalue weighted by Crippen LogP contribution is -2.26. The van der Waals surface area contributed by atoms with Crippen LogP contribution in [0.5, 0.6) is 0 Å². The number of benzene rings is 2. The minimum atomic E-state index is -0.0290. The molecule has 0 bridgehead atoms. The first-order valence-electron chi connectivity index (χ1n) is 7.24. The minimum absolute atomic E-state index is 0.0290. The molecule has 1 amide bonds. The Bertz CT molecular complexity index is 823. The van der Waals surface area contributed by atoms with Gasteiger partial charge in [-0.2, -0.15) is 0 Å². The van der Waals surface area contributed by atoms with Gasteiger partial charge in [0.15, 0.2) is 0 Å². The maximum atomic E-state index is 12.3. The molecule has 2 N–H and O–H groups in total. The Kier molecular flexibility index (Phi) is 4.29. The van der Waals surface area contributed by atoms with Crippen molar-refractivity contribution < 1.29 is 4.79 Å². The minimum Gasteiger partial charge on any atom is -0.361 e. The predicted octanol–water partition coefficient (Wildman–Crippen LogP) is 4.21. The van der Waals surface area contributed by atoms with E-state index in [4.69, 9.17) is 0 Å². The van der Waals surface area contributed by atoms with Crippen molar-refractivity contribution in [3.05, 3.63) is 69.8 Å². The smallest absolute Gasteiger partial charge is 0.251 e. The van der Waals surface area contributed by atoms with Crippen LogP contribution in [0.15, 0.2) is 53.1 Å². The number of aromatic nitrogens is 1. The number of rotatable bonds is 4. The van der Waals surface area contributed by atoms with Crippen molar-refractivity contribution in [2.75, 3.05) is 6.54 Å². The molecule has 3 nitrogen and oxygen atoms in total. The molecule has 112 valence electrons. The molecule has 3 rings (SSSR count). The number of aromatic amines is 1. The van der Waals surface area contributed by atoms with Crippen molar-refractivity contribution in [3.8, 4) is 0 Å². The van der Waals surface area contributed by atoms with Gasteiger partial charge in [-0.1, -0.05) is 40.2 Å². The van der Waals surface area contributed by atoms with Crippen molar-refractivity contribution in [3.63, 3.8) is 0 Å². The number of carbonyl (C=O) groups is 1. The Morgan fingerprint density at radius 3 is 2.91 bits per heavy atom. The van der Waals surface area contributed by atoms with Gasteiger partial charge in [0, 0.05) is 33.7 Å². The first-order chi connectivity index (χ1) is 10.6. The van der Waals surface area contributed by atoms with Crippen LogP contribution in [-0.4, -0.2) is 17.4 Å². The number of hydrogen-bond acceptors (Lipinski definition) is 1. The largest absolute Gasteiger partial charge is 0.361 e. The molecule has 0 aliphatic rings. The SMILES string of the molecule is Cc1ccc(Br)cc1C(=O)NCCc1c[nH]c2ccccc12. The van der Waals surface area contributed by atoms with Crippen molar-refractivity contribution in [2.24, 2.45) is 0 Å². The van der Waals surface area contributed by atoms with E-state index in [0.717, 1.165) is 22.0 Å². The van der Waals surface area contributed by atoms with Gasteiger partial charge in [-0.3, -0.25) is 4.79 Å². The number of nitrogens with one attached hydrogen (secondary N) is 2. The third kappa shape index (κ3) is 3.07. The van der Waals surface area contributed by atoms with Crippen LogP contribution in [0.25, 0.3) is 10.9 Å². The highest BCUT2D eigenvalue weighted by Gasteiger charge is 2.09. The monoisotopic (exact) mass is 356 g/mol. The maximum absolute atomic E-state index is 12.3. The van der Waals surface area contributed by atoms with E-state index >= 15 is 0 Å². The lowest BCUT2D eigenvalue weighted by Gasteiger charge is -2.08. The molecule has 4 heteroatoms. The van der Waals surface area contributed by atoms with Gasteiger partial charge < -0.3 is 10.3 Å². The first kappa shape index (κ1) is 14.9. The van der Waals surface area contributed by atoms with E-state index in [0.29, 0.717) is 12.1 Å². The summed E-state index contributed by atoms with van der Waals surface area (Å²) < 4.78 is 0.917. The van der Waals surface area contributed by atoms with Crippen LogP contribution in [0, 0.1) is 6.92 Å². The van der Waals surface area contributed by atoms with Gasteiger partial charge in [0.2, 0.25) is 0 Å². The molecule has 0 aliphatic carbocycles. The fourth-order valence-electron chi connectivity index (χ4n) is 2.58. The van der Waals surface area contributed by atoms with E-state index < -0.39 is 0 Å². The topological polar surface area (TPSA) is 44.9 Å². The average molecular weight is 357 g/mol. The van der Waals surface area contributed by atoms with Crippen molar-refractivity contribution in [1.29, 1.82) is 0 Å². The van der Waals surface area contributed by atoms with Crippen molar-refractivity contribution in [2.45, 2.75) is 13.3 Å². The molecule has 0 saturated heterocycles. The summed E-state index contributed by atoms with van der Waals surface area (Å²) >= 11 is 3.41. The number of carbonyl (C=O) groups excluding carboxylic acids is 1. The second-order valence-electron chi connectivity index (χ2n) is 5.32. The zero-order chi connectivity index (χ0) is 15.5. The molecule has 0 radical (unpaired) electrons. The summed E-state index contributed by atoms with van der Waals surface area (Å²) in [5.41, 5.74) is 4.05. The Labute approximate surface area is 137 Å². The average Bonchev–Trinajstić information content (AvgIpc) is 2.93. The number of halogens is 1. The summed E-state index contributed by atoms with van der Waals surface area (Å²) in [6, 6.07) is 13.9. The molecule has 22 heavy (non-hydrogen) atoms. The number of fused-ring (bicyclic) bond motifs is 1. The van der Waals surface area contributed by atoms with Crippen LogP contribution >= 0.6 is 15.9 Å². The fraction of sp³-hybridized carbons (Fsp3) is 0.167. The van der Waals surface area contributed by atoms with Gasteiger partial charge in [0.25, 0.3) is 5.91 Å². The molecule has 0 spiro atoms. The van der Waals surface area contributed by atoms with Crippen LogP contribution in [0.2, 0.25) is 0 Å². The number of amides is 1. The highest BCUT2D eigenvalue weighted by Crippen LogP contribution is 2.18. The van der Waals surface area contributed by atoms with E-state index in [9.17, 15) is 4.79 Å². The van der Waals surface area contributed by atoms with E-state index in [1.807, 2.05) is 43.5 Å². The van der Waals surface area contributed by atoms with E-state index in [1.165, 1.54) is 10.9 Å². The highest BCUT2D eigenvalue weighted by atomic mass is 79.9. The van der Waals surface area contributed by atoms with Gasteiger partial charge in [-0.15, -0.1) is 0 Å². The summed E-state index contributed by atoms with van der Waals surface area (Å²) in [6.07, 6.45) is 2.82. The van der Waals surface area contributed by atoms with Crippen LogP contribution in [0.4, 0.5) is 0 Å². The number of H-pyrrole nitrogens is 1. The molecule has 1 aromatic heterocycles. The zero-order valence-corrected chi connectivity index (χ0v) is 13.9. The summed E-state index contributed by atoms with van der Waals surface area (Å²) in [7, 11) is 0.